The molecule has 0 amide bonds. The first-order valence-corrected chi connectivity index (χ1v) is 6.79. The Bertz CT molecular complexity index is 376. The SMILES string of the molecule is COC(C)CCC(Cc1cc(F)ccc1Br)NN. The number of nitrogens with one attached hydrogen (secondary N) is 1. The minimum Gasteiger partial charge on any atom is -0.382 e. The Morgan fingerprint density at radius 1 is 1.44 bits per heavy atom. The van der Waals surface area contributed by atoms with E-state index < -0.39 is 0 Å². The molecule has 0 saturated carbocycles. The van der Waals surface area contributed by atoms with Crippen LogP contribution in [0.5, 0.6) is 0 Å². The molecule has 0 aliphatic carbocycles. The summed E-state index contributed by atoms with van der Waals surface area (Å²) in [5.41, 5.74) is 3.70. The predicted molar refractivity (Wildman–Crippen MR) is 74.6 cm³/mol. The van der Waals surface area contributed by atoms with Crippen LogP contribution >= 0.6 is 15.9 Å². The molecule has 0 aliphatic heterocycles. The molecule has 0 spiro atoms. The van der Waals surface area contributed by atoms with E-state index in [-0.39, 0.29) is 18.0 Å². The number of rotatable bonds is 7. The highest BCUT2D eigenvalue weighted by atomic mass is 79.9. The molecule has 3 nitrogen and oxygen atoms in total. The summed E-state index contributed by atoms with van der Waals surface area (Å²) in [5, 5.41) is 0. The van der Waals surface area contributed by atoms with E-state index in [1.54, 1.807) is 13.2 Å². The van der Waals surface area contributed by atoms with Gasteiger partial charge in [-0.05, 0) is 49.9 Å². The second-order valence-corrected chi connectivity index (χ2v) is 5.28. The Labute approximate surface area is 116 Å². The van der Waals surface area contributed by atoms with Crippen molar-refractivity contribution in [1.29, 1.82) is 0 Å². The summed E-state index contributed by atoms with van der Waals surface area (Å²) in [6.07, 6.45) is 2.69. The van der Waals surface area contributed by atoms with Gasteiger partial charge in [-0.25, -0.2) is 4.39 Å². The predicted octanol–water partition coefficient (Wildman–Crippen LogP) is 2.78. The van der Waals surface area contributed by atoms with E-state index in [1.165, 1.54) is 12.1 Å². The number of ether oxygens (including phenoxy) is 1. The third kappa shape index (κ3) is 5.02. The Balaban J connectivity index is 2.59. The van der Waals surface area contributed by atoms with Gasteiger partial charge in [0, 0.05) is 17.6 Å². The van der Waals surface area contributed by atoms with E-state index in [4.69, 9.17) is 10.6 Å². The zero-order valence-electron chi connectivity index (χ0n) is 10.7. The lowest BCUT2D eigenvalue weighted by Gasteiger charge is -2.18. The zero-order chi connectivity index (χ0) is 13.5. The van der Waals surface area contributed by atoms with Crippen LogP contribution in [0.25, 0.3) is 0 Å². The molecular formula is C13H20BrFN2O. The molecule has 0 aromatic heterocycles. The number of methoxy groups -OCH3 is 1. The standard InChI is InChI=1S/C13H20BrFN2O/c1-9(18-2)3-5-12(17-16)8-10-7-11(15)4-6-13(10)14/h4,6-7,9,12,17H,3,5,8,16H2,1-2H3. The van der Waals surface area contributed by atoms with Gasteiger partial charge in [0.2, 0.25) is 0 Å². The van der Waals surface area contributed by atoms with Crippen LogP contribution in [0, 0.1) is 5.82 Å². The van der Waals surface area contributed by atoms with Gasteiger partial charge in [0.05, 0.1) is 6.10 Å². The first-order valence-electron chi connectivity index (χ1n) is 5.99. The molecule has 0 bridgehead atoms. The molecule has 0 heterocycles. The summed E-state index contributed by atoms with van der Waals surface area (Å²) in [7, 11) is 1.69. The fraction of sp³-hybridized carbons (Fsp3) is 0.538. The van der Waals surface area contributed by atoms with Crippen LogP contribution in [0.15, 0.2) is 22.7 Å². The lowest BCUT2D eigenvalue weighted by Crippen LogP contribution is -2.37. The van der Waals surface area contributed by atoms with Crippen LogP contribution in [0.2, 0.25) is 0 Å². The van der Waals surface area contributed by atoms with Crippen LogP contribution in [0.4, 0.5) is 4.39 Å². The number of benzene rings is 1. The lowest BCUT2D eigenvalue weighted by atomic mass is 10.0. The van der Waals surface area contributed by atoms with Crippen molar-refractivity contribution < 1.29 is 9.13 Å². The molecule has 1 rings (SSSR count). The quantitative estimate of drug-likeness (QED) is 0.600. The third-order valence-electron chi connectivity index (χ3n) is 3.03. The Morgan fingerprint density at radius 3 is 2.78 bits per heavy atom. The average molecular weight is 319 g/mol. The van der Waals surface area contributed by atoms with Crippen molar-refractivity contribution in [3.05, 3.63) is 34.1 Å². The monoisotopic (exact) mass is 318 g/mol. The van der Waals surface area contributed by atoms with Gasteiger partial charge in [-0.1, -0.05) is 15.9 Å². The highest BCUT2D eigenvalue weighted by molar-refractivity contribution is 9.10. The molecule has 2 unspecified atom stereocenters. The minimum atomic E-state index is -0.228. The van der Waals surface area contributed by atoms with Gasteiger partial charge in [-0.15, -0.1) is 0 Å². The molecule has 0 saturated heterocycles. The topological polar surface area (TPSA) is 47.3 Å². The summed E-state index contributed by atoms with van der Waals surface area (Å²) in [6, 6.07) is 4.80. The fourth-order valence-electron chi connectivity index (χ4n) is 1.76. The maximum Gasteiger partial charge on any atom is 0.123 e. The molecule has 3 N–H and O–H groups in total. The lowest BCUT2D eigenvalue weighted by molar-refractivity contribution is 0.106. The van der Waals surface area contributed by atoms with Crippen LogP contribution in [0.1, 0.15) is 25.3 Å². The van der Waals surface area contributed by atoms with E-state index >= 15 is 0 Å². The number of nitrogens with two attached hydrogens (primary N) is 1. The van der Waals surface area contributed by atoms with E-state index in [0.717, 1.165) is 22.9 Å². The largest absolute Gasteiger partial charge is 0.382 e. The molecule has 1 aromatic carbocycles. The first-order chi connectivity index (χ1) is 8.56. The number of hydrazine groups is 1. The number of hydrogen-bond donors (Lipinski definition) is 2. The van der Waals surface area contributed by atoms with Crippen molar-refractivity contribution in [1.82, 2.24) is 5.43 Å². The van der Waals surface area contributed by atoms with E-state index in [0.29, 0.717) is 6.42 Å². The smallest absolute Gasteiger partial charge is 0.123 e. The number of hydrogen-bond acceptors (Lipinski definition) is 3. The van der Waals surface area contributed by atoms with Crippen LogP contribution < -0.4 is 11.3 Å². The molecule has 18 heavy (non-hydrogen) atoms. The highest BCUT2D eigenvalue weighted by Gasteiger charge is 2.12. The molecule has 0 aliphatic rings. The first kappa shape index (κ1) is 15.6. The van der Waals surface area contributed by atoms with Gasteiger partial charge in [-0.2, -0.15) is 0 Å². The summed E-state index contributed by atoms with van der Waals surface area (Å²) in [5.74, 6) is 5.31. The average Bonchev–Trinajstić information content (AvgIpc) is 2.37. The minimum absolute atomic E-state index is 0.112. The van der Waals surface area contributed by atoms with Crippen LogP contribution in [0.3, 0.4) is 0 Å². The summed E-state index contributed by atoms with van der Waals surface area (Å²) in [6.45, 7) is 2.02. The van der Waals surface area contributed by atoms with Crippen LogP contribution in [-0.4, -0.2) is 19.3 Å². The van der Waals surface area contributed by atoms with Gasteiger partial charge in [-0.3, -0.25) is 11.3 Å². The normalized spacial score (nSPS) is 14.5. The Kier molecular flexibility index (Phi) is 6.78. The molecule has 102 valence electrons. The summed E-state index contributed by atoms with van der Waals surface area (Å²) < 4.78 is 19.3. The molecule has 0 fully saturated rings. The Hall–Kier alpha value is -0.490. The molecule has 1 aromatic rings. The third-order valence-corrected chi connectivity index (χ3v) is 3.81. The van der Waals surface area contributed by atoms with Gasteiger partial charge in [0.1, 0.15) is 5.82 Å². The zero-order valence-corrected chi connectivity index (χ0v) is 12.3. The van der Waals surface area contributed by atoms with Crippen molar-refractivity contribution in [3.63, 3.8) is 0 Å². The van der Waals surface area contributed by atoms with Crippen molar-refractivity contribution in [2.75, 3.05) is 7.11 Å². The van der Waals surface area contributed by atoms with Crippen molar-refractivity contribution >= 4 is 15.9 Å². The summed E-state index contributed by atoms with van der Waals surface area (Å²) >= 11 is 3.42. The van der Waals surface area contributed by atoms with Gasteiger partial charge < -0.3 is 4.74 Å². The maximum absolute atomic E-state index is 13.2. The molecule has 0 radical (unpaired) electrons. The van der Waals surface area contributed by atoms with E-state index in [2.05, 4.69) is 21.4 Å². The Morgan fingerprint density at radius 2 is 2.17 bits per heavy atom. The second-order valence-electron chi connectivity index (χ2n) is 4.43. The van der Waals surface area contributed by atoms with Crippen molar-refractivity contribution in [2.45, 2.75) is 38.3 Å². The maximum atomic E-state index is 13.2. The van der Waals surface area contributed by atoms with Gasteiger partial charge in [0.25, 0.3) is 0 Å². The summed E-state index contributed by atoms with van der Waals surface area (Å²) in [4.78, 5) is 0. The highest BCUT2D eigenvalue weighted by Crippen LogP contribution is 2.20. The fourth-order valence-corrected chi connectivity index (χ4v) is 2.17. The molecule has 2 atom stereocenters. The van der Waals surface area contributed by atoms with Crippen LogP contribution in [-0.2, 0) is 11.2 Å². The van der Waals surface area contributed by atoms with Crippen molar-refractivity contribution in [2.24, 2.45) is 5.84 Å². The number of halogens is 2. The van der Waals surface area contributed by atoms with Gasteiger partial charge in [0.15, 0.2) is 0 Å². The van der Waals surface area contributed by atoms with Gasteiger partial charge >= 0.3 is 0 Å². The van der Waals surface area contributed by atoms with E-state index in [9.17, 15) is 4.39 Å². The van der Waals surface area contributed by atoms with Crippen molar-refractivity contribution in [3.8, 4) is 0 Å². The molecule has 5 heteroatoms. The second kappa shape index (κ2) is 7.84. The van der Waals surface area contributed by atoms with E-state index in [1.807, 2.05) is 6.92 Å². The molecular weight excluding hydrogens is 299 g/mol.